The van der Waals surface area contributed by atoms with Crippen molar-refractivity contribution in [1.29, 1.82) is 0 Å². The molecule has 0 saturated carbocycles. The van der Waals surface area contributed by atoms with Gasteiger partial charge < -0.3 is 4.90 Å². The number of Topliss-reactive ketones (excluding diaryl/α,β-unsaturated/α-hetero) is 1. The molecule has 100 valence electrons. The van der Waals surface area contributed by atoms with Crippen molar-refractivity contribution in [2.45, 2.75) is 0 Å². The van der Waals surface area contributed by atoms with Crippen molar-refractivity contribution in [3.8, 4) is 0 Å². The van der Waals surface area contributed by atoms with Crippen molar-refractivity contribution in [2.24, 2.45) is 0 Å². The Bertz CT molecular complexity index is 574. The van der Waals surface area contributed by atoms with E-state index in [0.29, 0.717) is 0 Å². The molecule has 0 atom stereocenters. The van der Waals surface area contributed by atoms with Gasteiger partial charge in [0, 0.05) is 12.6 Å². The summed E-state index contributed by atoms with van der Waals surface area (Å²) in [6.07, 6.45) is 0. The molecule has 0 radical (unpaired) electrons. The topological polar surface area (TPSA) is 57.7 Å². The largest absolute Gasteiger partial charge is 0.327 e. The van der Waals surface area contributed by atoms with E-state index < -0.39 is 35.9 Å². The standard InChI is InChI=1S/C12H10F2N2O3/c1-15-6-11(18)16(12(15)19)5-10(17)7-2-3-8(13)9(14)4-7/h2-4H,5-6H2,1H3. The number of amides is 3. The molecule has 2 rings (SSSR count). The summed E-state index contributed by atoms with van der Waals surface area (Å²) in [6.45, 7) is -0.572. The highest BCUT2D eigenvalue weighted by Crippen LogP contribution is 2.12. The number of carbonyl (C=O) groups excluding carboxylic acids is 3. The van der Waals surface area contributed by atoms with E-state index in [2.05, 4.69) is 0 Å². The second-order valence-electron chi connectivity index (χ2n) is 4.17. The predicted molar refractivity (Wildman–Crippen MR) is 60.4 cm³/mol. The van der Waals surface area contributed by atoms with E-state index in [0.717, 1.165) is 23.1 Å². The first-order valence-electron chi connectivity index (χ1n) is 5.44. The molecule has 1 saturated heterocycles. The van der Waals surface area contributed by atoms with Crippen molar-refractivity contribution in [2.75, 3.05) is 20.1 Å². The fourth-order valence-corrected chi connectivity index (χ4v) is 1.73. The Hall–Kier alpha value is -2.31. The monoisotopic (exact) mass is 268 g/mol. The molecule has 0 N–H and O–H groups in total. The van der Waals surface area contributed by atoms with Crippen molar-refractivity contribution < 1.29 is 23.2 Å². The molecule has 0 spiro atoms. The zero-order chi connectivity index (χ0) is 14.2. The van der Waals surface area contributed by atoms with E-state index in [1.54, 1.807) is 0 Å². The van der Waals surface area contributed by atoms with Gasteiger partial charge in [-0.1, -0.05) is 0 Å². The lowest BCUT2D eigenvalue weighted by Crippen LogP contribution is -2.36. The van der Waals surface area contributed by atoms with Crippen molar-refractivity contribution in [1.82, 2.24) is 9.80 Å². The van der Waals surface area contributed by atoms with Crippen molar-refractivity contribution in [3.63, 3.8) is 0 Å². The van der Waals surface area contributed by atoms with Gasteiger partial charge in [-0.15, -0.1) is 0 Å². The Labute approximate surface area is 107 Å². The van der Waals surface area contributed by atoms with Crippen LogP contribution in [-0.2, 0) is 4.79 Å². The van der Waals surface area contributed by atoms with Crippen LogP contribution in [0.4, 0.5) is 13.6 Å². The highest BCUT2D eigenvalue weighted by atomic mass is 19.2. The maximum Gasteiger partial charge on any atom is 0.327 e. The minimum absolute atomic E-state index is 0.0888. The number of benzene rings is 1. The summed E-state index contributed by atoms with van der Waals surface area (Å²) in [5.74, 6) is -3.34. The zero-order valence-corrected chi connectivity index (χ0v) is 10.0. The number of carbonyl (C=O) groups is 3. The van der Waals surface area contributed by atoms with Crippen LogP contribution in [0.15, 0.2) is 18.2 Å². The van der Waals surface area contributed by atoms with Gasteiger partial charge >= 0.3 is 6.03 Å². The summed E-state index contributed by atoms with van der Waals surface area (Å²) < 4.78 is 25.7. The number of halogens is 2. The van der Waals surface area contributed by atoms with Crippen LogP contribution in [0.2, 0.25) is 0 Å². The number of imide groups is 1. The summed E-state index contributed by atoms with van der Waals surface area (Å²) >= 11 is 0. The Kier molecular flexibility index (Phi) is 3.28. The summed E-state index contributed by atoms with van der Waals surface area (Å²) in [5.41, 5.74) is -0.0888. The highest BCUT2D eigenvalue weighted by molar-refractivity contribution is 6.07. The number of ketones is 1. The smallest absolute Gasteiger partial charge is 0.318 e. The maximum absolute atomic E-state index is 13.0. The van der Waals surface area contributed by atoms with Crippen LogP contribution < -0.4 is 0 Å². The minimum atomic E-state index is -1.15. The molecule has 1 aliphatic heterocycles. The summed E-state index contributed by atoms with van der Waals surface area (Å²) in [4.78, 5) is 36.8. The molecule has 5 nitrogen and oxygen atoms in total. The molecule has 1 aromatic carbocycles. The Morgan fingerprint density at radius 2 is 1.95 bits per heavy atom. The van der Waals surface area contributed by atoms with E-state index in [1.165, 1.54) is 11.9 Å². The molecule has 0 aromatic heterocycles. The molecule has 7 heteroatoms. The molecule has 1 aliphatic rings. The van der Waals surface area contributed by atoms with Gasteiger partial charge in [-0.05, 0) is 18.2 Å². The summed E-state index contributed by atoms with van der Waals surface area (Å²) in [5, 5.41) is 0. The van der Waals surface area contributed by atoms with Gasteiger partial charge in [0.25, 0.3) is 5.91 Å². The van der Waals surface area contributed by atoms with Gasteiger partial charge in [-0.25, -0.2) is 13.6 Å². The molecular formula is C12H10F2N2O3. The third-order valence-corrected chi connectivity index (χ3v) is 2.77. The fourth-order valence-electron chi connectivity index (χ4n) is 1.73. The van der Waals surface area contributed by atoms with Crippen LogP contribution in [-0.4, -0.2) is 47.7 Å². The molecular weight excluding hydrogens is 258 g/mol. The quantitative estimate of drug-likeness (QED) is 0.608. The molecule has 0 bridgehead atoms. The SMILES string of the molecule is CN1CC(=O)N(CC(=O)c2ccc(F)c(F)c2)C1=O. The van der Waals surface area contributed by atoms with E-state index in [-0.39, 0.29) is 12.1 Å². The lowest BCUT2D eigenvalue weighted by molar-refractivity contribution is -0.125. The van der Waals surface area contributed by atoms with Gasteiger partial charge in [0.2, 0.25) is 0 Å². The second kappa shape index (κ2) is 4.75. The first kappa shape index (κ1) is 13.1. The maximum atomic E-state index is 13.0. The predicted octanol–water partition coefficient (Wildman–Crippen LogP) is 1.04. The number of rotatable bonds is 3. The third kappa shape index (κ3) is 2.44. The molecule has 1 heterocycles. The van der Waals surface area contributed by atoms with Gasteiger partial charge in [0.05, 0.1) is 6.54 Å². The molecule has 0 unspecified atom stereocenters. The molecule has 1 fully saturated rings. The summed E-state index contributed by atoms with van der Waals surface area (Å²) in [7, 11) is 1.43. The lowest BCUT2D eigenvalue weighted by Gasteiger charge is -2.13. The van der Waals surface area contributed by atoms with Gasteiger partial charge in [-0.2, -0.15) is 0 Å². The first-order valence-corrected chi connectivity index (χ1v) is 5.44. The van der Waals surface area contributed by atoms with Crippen LogP contribution in [0.25, 0.3) is 0 Å². The van der Waals surface area contributed by atoms with Gasteiger partial charge in [0.15, 0.2) is 17.4 Å². The average molecular weight is 268 g/mol. The number of hydrogen-bond donors (Lipinski definition) is 0. The minimum Gasteiger partial charge on any atom is -0.318 e. The molecule has 3 amide bonds. The van der Waals surface area contributed by atoms with Crippen molar-refractivity contribution >= 4 is 17.7 Å². The number of hydrogen-bond acceptors (Lipinski definition) is 3. The van der Waals surface area contributed by atoms with Crippen LogP contribution in [0.3, 0.4) is 0 Å². The van der Waals surface area contributed by atoms with Crippen LogP contribution in [0.5, 0.6) is 0 Å². The zero-order valence-electron chi connectivity index (χ0n) is 10.0. The Morgan fingerprint density at radius 3 is 2.47 bits per heavy atom. The molecule has 19 heavy (non-hydrogen) atoms. The fraction of sp³-hybridized carbons (Fsp3) is 0.250. The Balaban J connectivity index is 2.15. The lowest BCUT2D eigenvalue weighted by atomic mass is 10.1. The van der Waals surface area contributed by atoms with Crippen molar-refractivity contribution in [3.05, 3.63) is 35.4 Å². The van der Waals surface area contributed by atoms with Crippen LogP contribution in [0.1, 0.15) is 10.4 Å². The van der Waals surface area contributed by atoms with E-state index in [4.69, 9.17) is 0 Å². The molecule has 1 aromatic rings. The average Bonchev–Trinajstić information content (AvgIpc) is 2.59. The van der Waals surface area contributed by atoms with E-state index >= 15 is 0 Å². The molecule has 0 aliphatic carbocycles. The van der Waals surface area contributed by atoms with Gasteiger partial charge in [-0.3, -0.25) is 14.5 Å². The van der Waals surface area contributed by atoms with Crippen LogP contribution >= 0.6 is 0 Å². The first-order chi connectivity index (χ1) is 8.90. The van der Waals surface area contributed by atoms with Gasteiger partial charge in [0.1, 0.15) is 6.54 Å². The third-order valence-electron chi connectivity index (χ3n) is 2.77. The van der Waals surface area contributed by atoms with E-state index in [1.807, 2.05) is 0 Å². The number of urea groups is 1. The van der Waals surface area contributed by atoms with Crippen LogP contribution in [0, 0.1) is 11.6 Å². The second-order valence-corrected chi connectivity index (χ2v) is 4.17. The highest BCUT2D eigenvalue weighted by Gasteiger charge is 2.34. The van der Waals surface area contributed by atoms with E-state index in [9.17, 15) is 23.2 Å². The summed E-state index contributed by atoms with van der Waals surface area (Å²) in [6, 6.07) is 2.09. The number of likely N-dealkylation sites (N-methyl/N-ethyl adjacent to an activating group) is 1. The number of nitrogens with zero attached hydrogens (tertiary/aromatic N) is 2. The Morgan fingerprint density at radius 1 is 1.26 bits per heavy atom. The normalized spacial score (nSPS) is 15.3.